The zero-order chi connectivity index (χ0) is 17.5. The van der Waals surface area contributed by atoms with E-state index in [-0.39, 0.29) is 5.91 Å². The zero-order valence-corrected chi connectivity index (χ0v) is 14.7. The second kappa shape index (κ2) is 8.81. The van der Waals surface area contributed by atoms with E-state index in [2.05, 4.69) is 22.4 Å². The normalized spacial score (nSPS) is 16.0. The lowest BCUT2D eigenvalue weighted by Gasteiger charge is -2.13. The number of amides is 1. The molecule has 3 N–H and O–H groups in total. The second-order valence-electron chi connectivity index (χ2n) is 7.06. The average Bonchev–Trinajstić information content (AvgIpc) is 3.28. The molecule has 1 aromatic heterocycles. The molecule has 1 aromatic carbocycles. The molecule has 0 saturated heterocycles. The largest absolute Gasteiger partial charge is 0.355 e. The third kappa shape index (κ3) is 5.43. The SMILES string of the molecule is N[C@@H](Cc1cn(Cc2ccccc2)cn1)C(=O)NCCC1CCCC1. The van der Waals surface area contributed by atoms with Crippen LogP contribution in [0.1, 0.15) is 43.4 Å². The van der Waals surface area contributed by atoms with Gasteiger partial charge in [0.2, 0.25) is 5.91 Å². The first kappa shape index (κ1) is 17.7. The summed E-state index contributed by atoms with van der Waals surface area (Å²) in [6.07, 6.45) is 10.6. The van der Waals surface area contributed by atoms with Crippen LogP contribution in [0.4, 0.5) is 0 Å². The van der Waals surface area contributed by atoms with Crippen LogP contribution in [-0.2, 0) is 17.8 Å². The van der Waals surface area contributed by atoms with Gasteiger partial charge in [-0.05, 0) is 17.9 Å². The number of imidazole rings is 1. The molecule has 1 amide bonds. The van der Waals surface area contributed by atoms with Crippen LogP contribution in [0.3, 0.4) is 0 Å². The van der Waals surface area contributed by atoms with E-state index in [1.165, 1.54) is 31.2 Å². The Balaban J connectivity index is 1.42. The van der Waals surface area contributed by atoms with Crippen molar-refractivity contribution in [3.05, 3.63) is 54.1 Å². The molecule has 1 atom stereocenters. The van der Waals surface area contributed by atoms with Crippen molar-refractivity contribution in [3.63, 3.8) is 0 Å². The lowest BCUT2D eigenvalue weighted by atomic mass is 10.0. The van der Waals surface area contributed by atoms with E-state index >= 15 is 0 Å². The van der Waals surface area contributed by atoms with Crippen LogP contribution in [-0.4, -0.2) is 28.0 Å². The summed E-state index contributed by atoms with van der Waals surface area (Å²) < 4.78 is 2.02. The van der Waals surface area contributed by atoms with Gasteiger partial charge in [0.1, 0.15) is 0 Å². The van der Waals surface area contributed by atoms with Crippen LogP contribution in [0, 0.1) is 5.92 Å². The Morgan fingerprint density at radius 2 is 2.04 bits per heavy atom. The van der Waals surface area contributed by atoms with Crippen molar-refractivity contribution in [1.82, 2.24) is 14.9 Å². The molecule has 3 rings (SSSR count). The van der Waals surface area contributed by atoms with Crippen LogP contribution in [0.15, 0.2) is 42.9 Å². The van der Waals surface area contributed by atoms with E-state index in [1.807, 2.05) is 29.0 Å². The minimum absolute atomic E-state index is 0.0735. The summed E-state index contributed by atoms with van der Waals surface area (Å²) in [4.78, 5) is 16.5. The molecular weight excluding hydrogens is 312 g/mol. The molecule has 0 bridgehead atoms. The number of nitrogens with one attached hydrogen (secondary N) is 1. The lowest BCUT2D eigenvalue weighted by molar-refractivity contribution is -0.122. The van der Waals surface area contributed by atoms with Gasteiger partial charge in [0, 0.05) is 25.7 Å². The maximum absolute atomic E-state index is 12.1. The van der Waals surface area contributed by atoms with Gasteiger partial charge in [-0.3, -0.25) is 4.79 Å². The van der Waals surface area contributed by atoms with Crippen molar-refractivity contribution in [3.8, 4) is 0 Å². The Bertz CT molecular complexity index is 661. The van der Waals surface area contributed by atoms with Gasteiger partial charge in [0.15, 0.2) is 0 Å². The van der Waals surface area contributed by atoms with Crippen molar-refractivity contribution in [1.29, 1.82) is 0 Å². The maximum Gasteiger partial charge on any atom is 0.237 e. The van der Waals surface area contributed by atoms with Crippen molar-refractivity contribution in [2.24, 2.45) is 11.7 Å². The van der Waals surface area contributed by atoms with Gasteiger partial charge in [-0.2, -0.15) is 0 Å². The molecule has 0 radical (unpaired) electrons. The number of rotatable bonds is 8. The molecule has 0 aliphatic heterocycles. The van der Waals surface area contributed by atoms with Crippen LogP contribution >= 0.6 is 0 Å². The molecule has 0 spiro atoms. The Labute approximate surface area is 149 Å². The smallest absolute Gasteiger partial charge is 0.237 e. The number of nitrogens with two attached hydrogens (primary N) is 1. The number of aromatic nitrogens is 2. The summed E-state index contributed by atoms with van der Waals surface area (Å²) in [5, 5.41) is 2.98. The molecule has 1 fully saturated rings. The van der Waals surface area contributed by atoms with E-state index in [1.54, 1.807) is 6.33 Å². The highest BCUT2D eigenvalue weighted by atomic mass is 16.2. The summed E-state index contributed by atoms with van der Waals surface area (Å²) in [6.45, 7) is 1.51. The topological polar surface area (TPSA) is 72.9 Å². The molecule has 0 unspecified atom stereocenters. The number of nitrogens with zero attached hydrogens (tertiary/aromatic N) is 2. The molecule has 134 valence electrons. The molecule has 2 aromatic rings. The second-order valence-corrected chi connectivity index (χ2v) is 7.06. The number of hydrogen-bond donors (Lipinski definition) is 2. The monoisotopic (exact) mass is 340 g/mol. The highest BCUT2D eigenvalue weighted by Gasteiger charge is 2.18. The Morgan fingerprint density at radius 3 is 2.80 bits per heavy atom. The predicted octanol–water partition coefficient (Wildman–Crippen LogP) is 2.50. The number of hydrogen-bond acceptors (Lipinski definition) is 3. The van der Waals surface area contributed by atoms with E-state index in [4.69, 9.17) is 5.73 Å². The van der Waals surface area contributed by atoms with E-state index in [9.17, 15) is 4.79 Å². The lowest BCUT2D eigenvalue weighted by Crippen LogP contribution is -2.42. The van der Waals surface area contributed by atoms with Crippen molar-refractivity contribution >= 4 is 5.91 Å². The molecule has 25 heavy (non-hydrogen) atoms. The van der Waals surface area contributed by atoms with Gasteiger partial charge in [-0.25, -0.2) is 4.98 Å². The molecular formula is C20H28N4O. The van der Waals surface area contributed by atoms with Crippen molar-refractivity contribution in [2.45, 2.75) is 51.1 Å². The molecule has 5 heteroatoms. The summed E-state index contributed by atoms with van der Waals surface area (Å²) in [7, 11) is 0. The fourth-order valence-electron chi connectivity index (χ4n) is 3.54. The summed E-state index contributed by atoms with van der Waals surface area (Å²) in [5.41, 5.74) is 8.12. The summed E-state index contributed by atoms with van der Waals surface area (Å²) >= 11 is 0. The Morgan fingerprint density at radius 1 is 1.28 bits per heavy atom. The summed E-state index contributed by atoms with van der Waals surface area (Å²) in [6, 6.07) is 9.70. The van der Waals surface area contributed by atoms with Gasteiger partial charge < -0.3 is 15.6 Å². The highest BCUT2D eigenvalue weighted by Crippen LogP contribution is 2.26. The highest BCUT2D eigenvalue weighted by molar-refractivity contribution is 5.81. The Hall–Kier alpha value is -2.14. The van der Waals surface area contributed by atoms with Gasteiger partial charge in [-0.1, -0.05) is 56.0 Å². The first-order valence-electron chi connectivity index (χ1n) is 9.28. The Kier molecular flexibility index (Phi) is 6.23. The van der Waals surface area contributed by atoms with Gasteiger partial charge in [0.05, 0.1) is 18.1 Å². The number of benzene rings is 1. The molecule has 1 saturated carbocycles. The molecule has 1 aliphatic carbocycles. The van der Waals surface area contributed by atoms with Crippen molar-refractivity contribution < 1.29 is 4.79 Å². The maximum atomic E-state index is 12.1. The van der Waals surface area contributed by atoms with Crippen LogP contribution in [0.5, 0.6) is 0 Å². The minimum atomic E-state index is -0.538. The first-order valence-corrected chi connectivity index (χ1v) is 9.28. The minimum Gasteiger partial charge on any atom is -0.355 e. The standard InChI is InChI=1S/C20H28N4O/c21-19(20(25)22-11-10-16-6-4-5-7-16)12-18-14-24(15-23-18)13-17-8-2-1-3-9-17/h1-3,8-9,14-16,19H,4-7,10-13,21H2,(H,22,25)/t19-/m0/s1. The number of carbonyl (C=O) groups is 1. The zero-order valence-electron chi connectivity index (χ0n) is 14.7. The quantitative estimate of drug-likeness (QED) is 0.775. The van der Waals surface area contributed by atoms with Crippen molar-refractivity contribution in [2.75, 3.05) is 6.54 Å². The van der Waals surface area contributed by atoms with E-state index in [0.717, 1.165) is 31.1 Å². The number of carbonyl (C=O) groups excluding carboxylic acids is 1. The first-order chi connectivity index (χ1) is 12.2. The molecule has 1 heterocycles. The fraction of sp³-hybridized carbons (Fsp3) is 0.500. The average molecular weight is 340 g/mol. The van der Waals surface area contributed by atoms with Crippen LogP contribution in [0.25, 0.3) is 0 Å². The summed E-state index contributed by atoms with van der Waals surface area (Å²) in [5.74, 6) is 0.709. The molecule has 1 aliphatic rings. The predicted molar refractivity (Wildman–Crippen MR) is 99.0 cm³/mol. The van der Waals surface area contributed by atoms with Gasteiger partial charge >= 0.3 is 0 Å². The van der Waals surface area contributed by atoms with Crippen LogP contribution < -0.4 is 11.1 Å². The van der Waals surface area contributed by atoms with E-state index < -0.39 is 6.04 Å². The molecule has 5 nitrogen and oxygen atoms in total. The third-order valence-corrected chi connectivity index (χ3v) is 4.99. The van der Waals surface area contributed by atoms with Crippen LogP contribution in [0.2, 0.25) is 0 Å². The van der Waals surface area contributed by atoms with Gasteiger partial charge in [0.25, 0.3) is 0 Å². The third-order valence-electron chi connectivity index (χ3n) is 4.99. The van der Waals surface area contributed by atoms with E-state index in [0.29, 0.717) is 6.42 Å². The fourth-order valence-corrected chi connectivity index (χ4v) is 3.54. The van der Waals surface area contributed by atoms with Gasteiger partial charge in [-0.15, -0.1) is 0 Å².